The highest BCUT2D eigenvalue weighted by Gasteiger charge is 2.21. The van der Waals surface area contributed by atoms with E-state index in [0.717, 1.165) is 38.1 Å². The minimum absolute atomic E-state index is 0.180. The Bertz CT molecular complexity index is 991. The molecule has 3 rings (SSSR count). The predicted octanol–water partition coefficient (Wildman–Crippen LogP) is 4.88. The van der Waals surface area contributed by atoms with Crippen LogP contribution in [0.2, 0.25) is 0 Å². The van der Waals surface area contributed by atoms with Crippen LogP contribution in [0, 0.1) is 17.6 Å². The van der Waals surface area contributed by atoms with Gasteiger partial charge in [-0.2, -0.15) is 5.26 Å². The standard InChI is InChI=1S/C18H16N4O2S2/c1-10(2)24-18(23)15-11(3)14-16(20-9-21-17(14)26-15)22-12-4-6-13(7-5-12)25-8-19/h4-7,9-10H,1-3H3,(H,20,21,22). The van der Waals surface area contributed by atoms with Gasteiger partial charge >= 0.3 is 5.97 Å². The topological polar surface area (TPSA) is 87.9 Å². The summed E-state index contributed by atoms with van der Waals surface area (Å²) in [4.78, 5) is 23.1. The number of rotatable bonds is 5. The highest BCUT2D eigenvalue weighted by molar-refractivity contribution is 8.03. The number of ether oxygens (including phenoxy) is 1. The maximum absolute atomic E-state index is 12.3. The summed E-state index contributed by atoms with van der Waals surface area (Å²) in [6.07, 6.45) is 1.29. The van der Waals surface area contributed by atoms with E-state index in [4.69, 9.17) is 10.00 Å². The van der Waals surface area contributed by atoms with Gasteiger partial charge in [-0.3, -0.25) is 0 Å². The lowest BCUT2D eigenvalue weighted by molar-refractivity contribution is 0.0383. The van der Waals surface area contributed by atoms with Crippen molar-refractivity contribution in [2.45, 2.75) is 31.8 Å². The lowest BCUT2D eigenvalue weighted by Gasteiger charge is -2.08. The molecule has 0 atom stereocenters. The maximum atomic E-state index is 12.3. The number of esters is 1. The number of carbonyl (C=O) groups excluding carboxylic acids is 1. The summed E-state index contributed by atoms with van der Waals surface area (Å²) >= 11 is 2.41. The Hall–Kier alpha value is -2.63. The van der Waals surface area contributed by atoms with E-state index in [-0.39, 0.29) is 12.1 Å². The highest BCUT2D eigenvalue weighted by atomic mass is 32.2. The number of hydrogen-bond acceptors (Lipinski definition) is 8. The van der Waals surface area contributed by atoms with Crippen LogP contribution in [-0.2, 0) is 4.74 Å². The number of thiophene rings is 1. The quantitative estimate of drug-likeness (QED) is 0.381. The van der Waals surface area contributed by atoms with Crippen molar-refractivity contribution in [2.75, 3.05) is 5.32 Å². The molecule has 0 aliphatic carbocycles. The fraction of sp³-hybridized carbons (Fsp3) is 0.222. The minimum atomic E-state index is -0.343. The molecule has 8 heteroatoms. The van der Waals surface area contributed by atoms with Crippen molar-refractivity contribution < 1.29 is 9.53 Å². The molecular formula is C18H16N4O2S2. The van der Waals surface area contributed by atoms with Crippen molar-refractivity contribution in [1.82, 2.24) is 9.97 Å². The van der Waals surface area contributed by atoms with Crippen molar-refractivity contribution in [2.24, 2.45) is 0 Å². The van der Waals surface area contributed by atoms with Gasteiger partial charge in [0.15, 0.2) is 0 Å². The molecule has 0 amide bonds. The van der Waals surface area contributed by atoms with Crippen LogP contribution in [0.1, 0.15) is 29.1 Å². The molecule has 2 heterocycles. The molecule has 0 saturated carbocycles. The van der Waals surface area contributed by atoms with Crippen molar-refractivity contribution in [3.05, 3.63) is 41.0 Å². The lowest BCUT2D eigenvalue weighted by Crippen LogP contribution is -2.11. The minimum Gasteiger partial charge on any atom is -0.459 e. The first kappa shape index (κ1) is 18.2. The van der Waals surface area contributed by atoms with Crippen LogP contribution >= 0.6 is 23.1 Å². The Morgan fingerprint density at radius 2 is 2.04 bits per heavy atom. The Labute approximate surface area is 159 Å². The van der Waals surface area contributed by atoms with E-state index in [0.29, 0.717) is 10.7 Å². The first-order chi connectivity index (χ1) is 12.5. The molecule has 0 radical (unpaired) electrons. The number of aromatic nitrogens is 2. The molecule has 0 bridgehead atoms. The molecule has 0 aliphatic heterocycles. The summed E-state index contributed by atoms with van der Waals surface area (Å²) in [6.45, 7) is 5.51. The molecule has 1 N–H and O–H groups in total. The van der Waals surface area contributed by atoms with Crippen LogP contribution in [0.3, 0.4) is 0 Å². The number of nitrogens with one attached hydrogen (secondary N) is 1. The number of aryl methyl sites for hydroxylation is 1. The van der Waals surface area contributed by atoms with E-state index in [9.17, 15) is 4.79 Å². The monoisotopic (exact) mass is 384 g/mol. The second-order valence-corrected chi connectivity index (χ2v) is 7.61. The summed E-state index contributed by atoms with van der Waals surface area (Å²) < 4.78 is 5.32. The summed E-state index contributed by atoms with van der Waals surface area (Å²) in [7, 11) is 0. The van der Waals surface area contributed by atoms with Gasteiger partial charge < -0.3 is 10.1 Å². The first-order valence-corrected chi connectivity index (χ1v) is 9.51. The molecule has 2 aromatic heterocycles. The maximum Gasteiger partial charge on any atom is 0.348 e. The van der Waals surface area contributed by atoms with E-state index in [2.05, 4.69) is 15.3 Å². The van der Waals surface area contributed by atoms with Gasteiger partial charge in [0.05, 0.1) is 11.5 Å². The van der Waals surface area contributed by atoms with Gasteiger partial charge in [0, 0.05) is 10.6 Å². The molecule has 0 spiro atoms. The van der Waals surface area contributed by atoms with E-state index < -0.39 is 0 Å². The molecule has 132 valence electrons. The number of thioether (sulfide) groups is 1. The third kappa shape index (κ3) is 3.79. The second kappa shape index (κ2) is 7.72. The van der Waals surface area contributed by atoms with E-state index >= 15 is 0 Å². The molecule has 0 fully saturated rings. The summed E-state index contributed by atoms with van der Waals surface area (Å²) in [5.74, 6) is 0.289. The van der Waals surface area contributed by atoms with Gasteiger partial charge in [-0.05, 0) is 62.4 Å². The zero-order valence-electron chi connectivity index (χ0n) is 14.4. The van der Waals surface area contributed by atoms with Crippen LogP contribution in [-0.4, -0.2) is 22.0 Å². The Balaban J connectivity index is 1.95. The third-order valence-corrected chi connectivity index (χ3v) is 5.31. The fourth-order valence-electron chi connectivity index (χ4n) is 2.42. The average Bonchev–Trinajstić information content (AvgIpc) is 2.94. The van der Waals surface area contributed by atoms with Crippen LogP contribution in [0.25, 0.3) is 10.2 Å². The van der Waals surface area contributed by atoms with Gasteiger partial charge in [0.2, 0.25) is 0 Å². The normalized spacial score (nSPS) is 10.7. The van der Waals surface area contributed by atoms with Crippen LogP contribution < -0.4 is 5.32 Å². The summed E-state index contributed by atoms with van der Waals surface area (Å²) in [5, 5.41) is 14.8. The van der Waals surface area contributed by atoms with E-state index in [1.807, 2.05) is 50.4 Å². The van der Waals surface area contributed by atoms with Gasteiger partial charge in [0.1, 0.15) is 27.3 Å². The molecule has 0 saturated heterocycles. The highest BCUT2D eigenvalue weighted by Crippen LogP contribution is 2.35. The van der Waals surface area contributed by atoms with Crippen LogP contribution in [0.15, 0.2) is 35.5 Å². The van der Waals surface area contributed by atoms with Gasteiger partial charge in [0.25, 0.3) is 0 Å². The Morgan fingerprint density at radius 3 is 2.69 bits per heavy atom. The first-order valence-electron chi connectivity index (χ1n) is 7.87. The molecule has 0 unspecified atom stereocenters. The number of anilines is 2. The van der Waals surface area contributed by atoms with Crippen LogP contribution in [0.5, 0.6) is 0 Å². The predicted molar refractivity (Wildman–Crippen MR) is 104 cm³/mol. The lowest BCUT2D eigenvalue weighted by atomic mass is 10.2. The van der Waals surface area contributed by atoms with E-state index in [1.165, 1.54) is 17.7 Å². The molecule has 6 nitrogen and oxygen atoms in total. The molecule has 26 heavy (non-hydrogen) atoms. The number of fused-ring (bicyclic) bond motifs is 1. The SMILES string of the molecule is Cc1c(C(=O)OC(C)C)sc2ncnc(Nc3ccc(SC#N)cc3)c12. The van der Waals surface area contributed by atoms with Crippen molar-refractivity contribution in [3.8, 4) is 5.40 Å². The number of benzene rings is 1. The number of hydrogen-bond donors (Lipinski definition) is 1. The van der Waals surface area contributed by atoms with E-state index in [1.54, 1.807) is 0 Å². The molecule has 1 aromatic carbocycles. The Kier molecular flexibility index (Phi) is 5.40. The van der Waals surface area contributed by atoms with Gasteiger partial charge in [-0.15, -0.1) is 11.3 Å². The van der Waals surface area contributed by atoms with Gasteiger partial charge in [-0.1, -0.05) is 0 Å². The third-order valence-electron chi connectivity index (χ3n) is 3.54. The fourth-order valence-corrected chi connectivity index (χ4v) is 3.83. The molecule has 0 aliphatic rings. The zero-order chi connectivity index (χ0) is 18.7. The zero-order valence-corrected chi connectivity index (χ0v) is 16.1. The van der Waals surface area contributed by atoms with Crippen LogP contribution in [0.4, 0.5) is 11.5 Å². The average molecular weight is 384 g/mol. The Morgan fingerprint density at radius 1 is 1.31 bits per heavy atom. The molecule has 3 aromatic rings. The smallest absolute Gasteiger partial charge is 0.348 e. The van der Waals surface area contributed by atoms with Crippen molar-refractivity contribution in [3.63, 3.8) is 0 Å². The number of carbonyl (C=O) groups is 1. The second-order valence-electron chi connectivity index (χ2n) is 5.76. The van der Waals surface area contributed by atoms with Crippen molar-refractivity contribution in [1.29, 1.82) is 5.26 Å². The molecular weight excluding hydrogens is 368 g/mol. The summed E-state index contributed by atoms with van der Waals surface area (Å²) in [6, 6.07) is 7.48. The van der Waals surface area contributed by atoms with Gasteiger partial charge in [-0.25, -0.2) is 14.8 Å². The number of nitriles is 1. The summed E-state index contributed by atoms with van der Waals surface area (Å²) in [5.41, 5.74) is 1.64. The number of nitrogens with zero attached hydrogens (tertiary/aromatic N) is 3. The largest absolute Gasteiger partial charge is 0.459 e. The van der Waals surface area contributed by atoms with Crippen molar-refractivity contribution >= 4 is 50.8 Å². The number of thiocyanates is 1.